The number of carbonyl (C=O) groups excluding carboxylic acids is 1. The smallest absolute Gasteiger partial charge is 0.271 e. The van der Waals surface area contributed by atoms with E-state index >= 15 is 4.39 Å². The molecular formula is C31H27F2N5O4S. The van der Waals surface area contributed by atoms with Gasteiger partial charge >= 0.3 is 0 Å². The zero-order chi connectivity index (χ0) is 30.1. The van der Waals surface area contributed by atoms with E-state index in [-0.39, 0.29) is 11.4 Å². The van der Waals surface area contributed by atoms with Gasteiger partial charge in [0.2, 0.25) is 0 Å². The van der Waals surface area contributed by atoms with Crippen LogP contribution in [0.2, 0.25) is 0 Å². The molecule has 4 heterocycles. The number of carbonyl (C=O) groups is 1. The Kier molecular flexibility index (Phi) is 7.89. The summed E-state index contributed by atoms with van der Waals surface area (Å²) in [6.07, 6.45) is 2.88. The van der Waals surface area contributed by atoms with E-state index in [1.165, 1.54) is 48.7 Å². The summed E-state index contributed by atoms with van der Waals surface area (Å²) in [6, 6.07) is 13.8. The van der Waals surface area contributed by atoms with Crippen molar-refractivity contribution in [2.75, 3.05) is 38.5 Å². The minimum atomic E-state index is -0.936. The molecule has 0 spiro atoms. The number of likely N-dealkylation sites (N-methyl/N-ethyl adjacent to an activating group) is 1. The highest BCUT2D eigenvalue weighted by Crippen LogP contribution is 2.36. The molecule has 3 aromatic heterocycles. The highest BCUT2D eigenvalue weighted by atomic mass is 32.1. The number of rotatable bonds is 7. The molecule has 1 fully saturated rings. The van der Waals surface area contributed by atoms with Crippen LogP contribution in [0.5, 0.6) is 17.2 Å². The number of thiophene rings is 1. The van der Waals surface area contributed by atoms with E-state index in [0.717, 1.165) is 58.5 Å². The number of pyridine rings is 2. The van der Waals surface area contributed by atoms with Crippen LogP contribution < -0.4 is 15.6 Å². The number of fused-ring (bicyclic) bond motifs is 1. The number of amides is 1. The van der Waals surface area contributed by atoms with Crippen molar-refractivity contribution in [3.05, 3.63) is 105 Å². The maximum Gasteiger partial charge on any atom is 0.271 e. The molecule has 0 atom stereocenters. The minimum absolute atomic E-state index is 0.0521. The van der Waals surface area contributed by atoms with Gasteiger partial charge in [0.1, 0.15) is 22.9 Å². The van der Waals surface area contributed by atoms with Crippen LogP contribution in [0.4, 0.5) is 14.5 Å². The number of hydrogen-bond donors (Lipinski definition) is 2. The highest BCUT2D eigenvalue weighted by Gasteiger charge is 2.20. The first-order chi connectivity index (χ1) is 20.7. The number of aromatic nitrogens is 2. The van der Waals surface area contributed by atoms with Crippen molar-refractivity contribution in [3.63, 3.8) is 0 Å². The third kappa shape index (κ3) is 6.12. The molecule has 1 aliphatic rings. The molecule has 2 N–H and O–H groups in total. The minimum Gasteiger partial charge on any atom is -0.507 e. The van der Waals surface area contributed by atoms with E-state index in [2.05, 4.69) is 27.1 Å². The second-order valence-corrected chi connectivity index (χ2v) is 11.4. The summed E-state index contributed by atoms with van der Waals surface area (Å²) in [4.78, 5) is 36.3. The first-order valence-corrected chi connectivity index (χ1v) is 14.3. The van der Waals surface area contributed by atoms with Crippen molar-refractivity contribution >= 4 is 33.1 Å². The number of benzene rings is 2. The molecule has 6 rings (SSSR count). The molecule has 220 valence electrons. The number of hydrogen-bond acceptors (Lipinski definition) is 8. The van der Waals surface area contributed by atoms with E-state index in [9.17, 15) is 19.1 Å². The van der Waals surface area contributed by atoms with Crippen molar-refractivity contribution in [3.8, 4) is 22.9 Å². The molecule has 9 nitrogen and oxygen atoms in total. The van der Waals surface area contributed by atoms with Crippen LogP contribution in [0.25, 0.3) is 15.9 Å². The standard InChI is InChI=1S/C31H27F2N5O4S/c1-36-12-14-37(15-13-36)18-22-17-24-29(43-22)27(8-10-34-24)42-26-7-4-20(16-23(26)33)35-30(40)28-25(39)9-11-38(31(28)41)21-5-2-19(32)3-6-21/h2-11,16-17,39H,12-15,18H2,1H3,(H,35,40). The Morgan fingerprint density at radius 2 is 1.79 bits per heavy atom. The Bertz CT molecular complexity index is 1870. The molecule has 5 aromatic rings. The second kappa shape index (κ2) is 11.9. The number of nitrogens with one attached hydrogen (secondary N) is 1. The van der Waals surface area contributed by atoms with Crippen LogP contribution >= 0.6 is 11.3 Å². The average molecular weight is 604 g/mol. The van der Waals surface area contributed by atoms with E-state index < -0.39 is 34.4 Å². The third-order valence-corrected chi connectivity index (χ3v) is 8.34. The molecule has 2 aromatic carbocycles. The van der Waals surface area contributed by atoms with Gasteiger partial charge in [-0.25, -0.2) is 8.78 Å². The Morgan fingerprint density at radius 3 is 2.53 bits per heavy atom. The molecule has 12 heteroatoms. The van der Waals surface area contributed by atoms with Gasteiger partial charge < -0.3 is 20.1 Å². The summed E-state index contributed by atoms with van der Waals surface area (Å²) in [7, 11) is 2.12. The fourth-order valence-corrected chi connectivity index (χ4v) is 5.97. The van der Waals surface area contributed by atoms with Gasteiger partial charge in [-0.05, 0) is 55.6 Å². The van der Waals surface area contributed by atoms with Crippen LogP contribution in [-0.4, -0.2) is 63.6 Å². The van der Waals surface area contributed by atoms with E-state index in [1.54, 1.807) is 23.6 Å². The third-order valence-electron chi connectivity index (χ3n) is 7.21. The van der Waals surface area contributed by atoms with Crippen LogP contribution in [0.1, 0.15) is 15.2 Å². The summed E-state index contributed by atoms with van der Waals surface area (Å²) >= 11 is 1.56. The molecule has 0 unspecified atom stereocenters. The predicted octanol–water partition coefficient (Wildman–Crippen LogP) is 5.22. The fourth-order valence-electron chi connectivity index (χ4n) is 4.87. The lowest BCUT2D eigenvalue weighted by Gasteiger charge is -2.31. The topological polar surface area (TPSA) is 99.9 Å². The second-order valence-electron chi connectivity index (χ2n) is 10.2. The van der Waals surface area contributed by atoms with Crippen molar-refractivity contribution in [2.24, 2.45) is 0 Å². The normalized spacial score (nSPS) is 14.2. The summed E-state index contributed by atoms with van der Waals surface area (Å²) in [5.41, 5.74) is -0.248. The number of nitrogens with zero attached hydrogens (tertiary/aromatic N) is 4. The van der Waals surface area contributed by atoms with Gasteiger partial charge in [0.15, 0.2) is 11.6 Å². The van der Waals surface area contributed by atoms with Gasteiger partial charge in [-0.1, -0.05) is 0 Å². The lowest BCUT2D eigenvalue weighted by atomic mass is 10.2. The molecular weight excluding hydrogens is 576 g/mol. The summed E-state index contributed by atoms with van der Waals surface area (Å²) in [6.45, 7) is 4.83. The van der Waals surface area contributed by atoms with E-state index in [4.69, 9.17) is 4.74 Å². The molecule has 1 amide bonds. The van der Waals surface area contributed by atoms with Gasteiger partial charge in [0.05, 0.1) is 10.2 Å². The zero-order valence-corrected chi connectivity index (χ0v) is 23.9. The van der Waals surface area contributed by atoms with Gasteiger partial charge in [0.25, 0.3) is 11.5 Å². The molecule has 1 aliphatic heterocycles. The van der Waals surface area contributed by atoms with Gasteiger partial charge in [-0.15, -0.1) is 11.3 Å². The Labute approximate surface area is 249 Å². The van der Waals surface area contributed by atoms with Gasteiger partial charge in [-0.3, -0.25) is 24.0 Å². The summed E-state index contributed by atoms with van der Waals surface area (Å²) in [5, 5.41) is 12.7. The van der Waals surface area contributed by atoms with Crippen molar-refractivity contribution < 1.29 is 23.4 Å². The predicted molar refractivity (Wildman–Crippen MR) is 160 cm³/mol. The Hall–Kier alpha value is -4.65. The average Bonchev–Trinajstić information content (AvgIpc) is 3.40. The lowest BCUT2D eigenvalue weighted by molar-refractivity contribution is 0.102. The number of anilines is 1. The van der Waals surface area contributed by atoms with Gasteiger partial charge in [-0.2, -0.15) is 0 Å². The molecule has 1 saturated heterocycles. The quantitative estimate of drug-likeness (QED) is 0.263. The van der Waals surface area contributed by atoms with E-state index in [0.29, 0.717) is 11.4 Å². The molecule has 0 aliphatic carbocycles. The first kappa shape index (κ1) is 28.5. The van der Waals surface area contributed by atoms with E-state index in [1.807, 2.05) is 6.07 Å². The van der Waals surface area contributed by atoms with Crippen molar-refractivity contribution in [2.45, 2.75) is 6.54 Å². The summed E-state index contributed by atoms with van der Waals surface area (Å²) < 4.78 is 36.3. The highest BCUT2D eigenvalue weighted by molar-refractivity contribution is 7.19. The maximum atomic E-state index is 15.2. The maximum absolute atomic E-state index is 15.2. The number of halogens is 2. The zero-order valence-electron chi connectivity index (χ0n) is 23.1. The molecule has 0 saturated carbocycles. The monoisotopic (exact) mass is 603 g/mol. The Morgan fingerprint density at radius 1 is 1.02 bits per heavy atom. The number of aromatic hydroxyl groups is 1. The van der Waals surface area contributed by atoms with Crippen LogP contribution in [0.3, 0.4) is 0 Å². The fraction of sp³-hybridized carbons (Fsp3) is 0.194. The van der Waals surface area contributed by atoms with Crippen molar-refractivity contribution in [1.82, 2.24) is 19.4 Å². The molecule has 0 radical (unpaired) electrons. The molecule has 0 bridgehead atoms. The summed E-state index contributed by atoms with van der Waals surface area (Å²) in [5.74, 6) is -2.30. The van der Waals surface area contributed by atoms with Crippen LogP contribution in [0, 0.1) is 11.6 Å². The number of ether oxygens (including phenoxy) is 1. The van der Waals surface area contributed by atoms with Gasteiger partial charge in [0, 0.05) is 73.5 Å². The SMILES string of the molecule is CN1CCN(Cc2cc3nccc(Oc4ccc(NC(=O)c5c(O)ccn(-c6ccc(F)cc6)c5=O)cc4F)c3s2)CC1. The lowest BCUT2D eigenvalue weighted by Crippen LogP contribution is -2.43. The Balaban J connectivity index is 1.19. The largest absolute Gasteiger partial charge is 0.507 e. The molecule has 43 heavy (non-hydrogen) atoms. The first-order valence-electron chi connectivity index (χ1n) is 13.5. The van der Waals surface area contributed by atoms with Crippen LogP contribution in [0.15, 0.2) is 77.9 Å². The number of piperazine rings is 1. The van der Waals surface area contributed by atoms with Crippen molar-refractivity contribution in [1.29, 1.82) is 0 Å². The van der Waals surface area contributed by atoms with Crippen LogP contribution in [-0.2, 0) is 6.54 Å².